The van der Waals surface area contributed by atoms with Crippen LogP contribution in [0.3, 0.4) is 0 Å². The van der Waals surface area contributed by atoms with E-state index in [0.29, 0.717) is 25.3 Å². The highest BCUT2D eigenvalue weighted by atomic mass is 16.4. The number of nitrogens with zero attached hydrogens (tertiary/aromatic N) is 1. The van der Waals surface area contributed by atoms with Gasteiger partial charge in [0.05, 0.1) is 6.54 Å². The number of piperidine rings is 2. The number of anilines is 1. The summed E-state index contributed by atoms with van der Waals surface area (Å²) >= 11 is 0. The Morgan fingerprint density at radius 2 is 2.00 bits per heavy atom. The highest BCUT2D eigenvalue weighted by Crippen LogP contribution is 2.29. The molecule has 3 N–H and O–H groups in total. The SMILES string of the molecule is O=CC1(Nc2ccc(C3CCN(CC(=O)O)CC3)cc2)CCC(=O)NC1. The molecular formula is C19H25N3O4. The van der Waals surface area contributed by atoms with Crippen LogP contribution in [0.2, 0.25) is 0 Å². The zero-order chi connectivity index (χ0) is 18.6. The normalized spacial score (nSPS) is 24.7. The molecule has 1 atom stereocenters. The second kappa shape index (κ2) is 7.86. The van der Waals surface area contributed by atoms with Gasteiger partial charge in [0.1, 0.15) is 11.8 Å². The van der Waals surface area contributed by atoms with Gasteiger partial charge in [-0.3, -0.25) is 14.5 Å². The number of likely N-dealkylation sites (tertiary alicyclic amines) is 1. The van der Waals surface area contributed by atoms with Crippen LogP contribution in [0.1, 0.15) is 37.2 Å². The molecule has 2 saturated heterocycles. The van der Waals surface area contributed by atoms with Crippen LogP contribution in [0.25, 0.3) is 0 Å². The summed E-state index contributed by atoms with van der Waals surface area (Å²) in [4.78, 5) is 35.6. The van der Waals surface area contributed by atoms with E-state index in [4.69, 9.17) is 5.11 Å². The number of carboxylic acid groups (broad SMARTS) is 1. The number of amides is 1. The molecule has 7 heteroatoms. The molecule has 7 nitrogen and oxygen atoms in total. The first-order valence-corrected chi connectivity index (χ1v) is 9.05. The Balaban J connectivity index is 1.58. The van der Waals surface area contributed by atoms with Crippen molar-refractivity contribution in [3.05, 3.63) is 29.8 Å². The number of carbonyl (C=O) groups excluding carboxylic acids is 2. The fraction of sp³-hybridized carbons (Fsp3) is 0.526. The third-order valence-corrected chi connectivity index (χ3v) is 5.35. The van der Waals surface area contributed by atoms with Gasteiger partial charge in [0.15, 0.2) is 0 Å². The molecule has 1 aromatic rings. The fourth-order valence-corrected chi connectivity index (χ4v) is 3.75. The average Bonchev–Trinajstić information content (AvgIpc) is 2.65. The van der Waals surface area contributed by atoms with E-state index in [9.17, 15) is 14.4 Å². The number of hydrogen-bond acceptors (Lipinski definition) is 5. The number of nitrogens with one attached hydrogen (secondary N) is 2. The minimum atomic E-state index is -0.776. The van der Waals surface area contributed by atoms with Crippen molar-refractivity contribution in [1.29, 1.82) is 0 Å². The molecule has 2 aliphatic rings. The molecule has 0 bridgehead atoms. The zero-order valence-electron chi connectivity index (χ0n) is 14.7. The van der Waals surface area contributed by atoms with E-state index in [1.807, 2.05) is 17.0 Å². The summed E-state index contributed by atoms with van der Waals surface area (Å²) in [7, 11) is 0. The summed E-state index contributed by atoms with van der Waals surface area (Å²) in [5, 5.41) is 14.9. The zero-order valence-corrected chi connectivity index (χ0v) is 14.7. The van der Waals surface area contributed by atoms with Gasteiger partial charge in [-0.25, -0.2) is 0 Å². The van der Waals surface area contributed by atoms with Gasteiger partial charge in [-0.15, -0.1) is 0 Å². The number of aliphatic carboxylic acids is 1. The van der Waals surface area contributed by atoms with E-state index in [-0.39, 0.29) is 12.5 Å². The van der Waals surface area contributed by atoms with E-state index >= 15 is 0 Å². The van der Waals surface area contributed by atoms with Crippen molar-refractivity contribution in [3.63, 3.8) is 0 Å². The Bertz CT molecular complexity index is 656. The molecule has 0 saturated carbocycles. The second-order valence-electron chi connectivity index (χ2n) is 7.24. The van der Waals surface area contributed by atoms with Crippen molar-refractivity contribution in [2.24, 2.45) is 0 Å². The van der Waals surface area contributed by atoms with Crippen LogP contribution in [0.15, 0.2) is 24.3 Å². The average molecular weight is 359 g/mol. The molecular weight excluding hydrogens is 334 g/mol. The third-order valence-electron chi connectivity index (χ3n) is 5.35. The van der Waals surface area contributed by atoms with Crippen LogP contribution in [-0.2, 0) is 14.4 Å². The summed E-state index contributed by atoms with van der Waals surface area (Å²) in [6.07, 6.45) is 3.62. The maximum atomic E-state index is 11.6. The van der Waals surface area contributed by atoms with Gasteiger partial charge in [-0.2, -0.15) is 0 Å². The van der Waals surface area contributed by atoms with Gasteiger partial charge in [0.25, 0.3) is 0 Å². The van der Waals surface area contributed by atoms with Gasteiger partial charge in [0, 0.05) is 18.7 Å². The van der Waals surface area contributed by atoms with Crippen molar-refractivity contribution >= 4 is 23.9 Å². The molecule has 0 radical (unpaired) electrons. The van der Waals surface area contributed by atoms with Gasteiger partial charge in [0.2, 0.25) is 5.91 Å². The Morgan fingerprint density at radius 3 is 2.54 bits per heavy atom. The van der Waals surface area contributed by atoms with E-state index < -0.39 is 11.5 Å². The number of aldehydes is 1. The van der Waals surface area contributed by atoms with Crippen molar-refractivity contribution in [3.8, 4) is 0 Å². The van der Waals surface area contributed by atoms with Crippen LogP contribution in [-0.4, -0.2) is 59.9 Å². The van der Waals surface area contributed by atoms with Crippen molar-refractivity contribution in [1.82, 2.24) is 10.2 Å². The summed E-state index contributed by atoms with van der Waals surface area (Å²) in [5.74, 6) is -0.362. The first kappa shape index (κ1) is 18.4. The molecule has 0 spiro atoms. The highest BCUT2D eigenvalue weighted by Gasteiger charge is 2.34. The van der Waals surface area contributed by atoms with E-state index in [1.54, 1.807) is 0 Å². The number of hydrogen-bond donors (Lipinski definition) is 3. The minimum Gasteiger partial charge on any atom is -0.480 e. The summed E-state index contributed by atoms with van der Waals surface area (Å²) < 4.78 is 0. The first-order valence-electron chi connectivity index (χ1n) is 9.05. The molecule has 1 amide bonds. The van der Waals surface area contributed by atoms with E-state index in [0.717, 1.165) is 37.9 Å². The smallest absolute Gasteiger partial charge is 0.317 e. The van der Waals surface area contributed by atoms with Gasteiger partial charge < -0.3 is 20.5 Å². The predicted molar refractivity (Wildman–Crippen MR) is 97.2 cm³/mol. The first-order chi connectivity index (χ1) is 12.5. The van der Waals surface area contributed by atoms with E-state index in [2.05, 4.69) is 22.8 Å². The van der Waals surface area contributed by atoms with Crippen LogP contribution in [0.5, 0.6) is 0 Å². The number of benzene rings is 1. The van der Waals surface area contributed by atoms with Gasteiger partial charge in [-0.1, -0.05) is 12.1 Å². The Morgan fingerprint density at radius 1 is 1.31 bits per heavy atom. The quantitative estimate of drug-likeness (QED) is 0.661. The van der Waals surface area contributed by atoms with Crippen molar-refractivity contribution in [2.45, 2.75) is 37.1 Å². The Kier molecular flexibility index (Phi) is 5.56. The third kappa shape index (κ3) is 4.40. The van der Waals surface area contributed by atoms with Crippen molar-refractivity contribution in [2.75, 3.05) is 31.5 Å². The molecule has 2 fully saturated rings. The molecule has 0 aromatic heterocycles. The van der Waals surface area contributed by atoms with Gasteiger partial charge >= 0.3 is 5.97 Å². The molecule has 1 aromatic carbocycles. The van der Waals surface area contributed by atoms with Crippen LogP contribution < -0.4 is 10.6 Å². The lowest BCUT2D eigenvalue weighted by molar-refractivity contribution is -0.138. The van der Waals surface area contributed by atoms with Crippen LogP contribution >= 0.6 is 0 Å². The molecule has 3 rings (SSSR count). The van der Waals surface area contributed by atoms with Crippen molar-refractivity contribution < 1.29 is 19.5 Å². The second-order valence-corrected chi connectivity index (χ2v) is 7.24. The minimum absolute atomic E-state index is 0.0196. The summed E-state index contributed by atoms with van der Waals surface area (Å²) in [6, 6.07) is 8.08. The molecule has 140 valence electrons. The fourth-order valence-electron chi connectivity index (χ4n) is 3.75. The largest absolute Gasteiger partial charge is 0.480 e. The predicted octanol–water partition coefficient (Wildman–Crippen LogP) is 1.21. The molecule has 2 heterocycles. The number of carboxylic acids is 1. The maximum absolute atomic E-state index is 11.6. The molecule has 26 heavy (non-hydrogen) atoms. The molecule has 1 unspecified atom stereocenters. The van der Waals surface area contributed by atoms with Crippen LogP contribution in [0, 0.1) is 0 Å². The van der Waals surface area contributed by atoms with Crippen LogP contribution in [0.4, 0.5) is 5.69 Å². The topological polar surface area (TPSA) is 98.7 Å². The number of rotatable bonds is 6. The summed E-state index contributed by atoms with van der Waals surface area (Å²) in [6.45, 7) is 2.01. The maximum Gasteiger partial charge on any atom is 0.317 e. The van der Waals surface area contributed by atoms with Gasteiger partial charge in [-0.05, 0) is 56.0 Å². The Hall–Kier alpha value is -2.41. The molecule has 0 aliphatic carbocycles. The highest BCUT2D eigenvalue weighted by molar-refractivity contribution is 5.82. The summed E-state index contributed by atoms with van der Waals surface area (Å²) in [5.41, 5.74) is 1.36. The van der Waals surface area contributed by atoms with E-state index in [1.165, 1.54) is 5.56 Å². The lowest BCUT2D eigenvalue weighted by Gasteiger charge is -2.34. The number of carbonyl (C=O) groups is 3. The lowest BCUT2D eigenvalue weighted by Crippen LogP contribution is -2.54. The molecule has 2 aliphatic heterocycles. The Labute approximate surface area is 152 Å². The standard InChI is InChI=1S/C19H25N3O4/c23-13-19(8-5-17(24)20-12-19)21-16-3-1-14(2-4-16)15-6-9-22(10-7-15)11-18(25)26/h1-4,13,15,21H,5-12H2,(H,20,24)(H,25,26). The lowest BCUT2D eigenvalue weighted by atomic mass is 9.88. The monoisotopic (exact) mass is 359 g/mol.